The van der Waals surface area contributed by atoms with E-state index in [-0.39, 0.29) is 11.7 Å². The predicted octanol–water partition coefficient (Wildman–Crippen LogP) is 2.23. The number of aromatic nitrogens is 2. The minimum Gasteiger partial charge on any atom is -0.357 e. The summed E-state index contributed by atoms with van der Waals surface area (Å²) in [6.45, 7) is 3.87. The Hall–Kier alpha value is -2.37. The molecule has 104 valence electrons. The van der Waals surface area contributed by atoms with Crippen LogP contribution >= 0.6 is 0 Å². The molecule has 0 radical (unpaired) electrons. The van der Waals surface area contributed by atoms with Crippen molar-refractivity contribution in [2.24, 2.45) is 0 Å². The second-order valence-electron chi connectivity index (χ2n) is 4.89. The fourth-order valence-corrected chi connectivity index (χ4v) is 2.26. The summed E-state index contributed by atoms with van der Waals surface area (Å²) in [7, 11) is 0. The smallest absolute Gasteiger partial charge is 0.294 e. The Bertz CT molecular complexity index is 600. The van der Waals surface area contributed by atoms with Crippen LogP contribution in [0.4, 0.5) is 11.5 Å². The van der Waals surface area contributed by atoms with Crippen LogP contribution in [0, 0.1) is 6.92 Å². The number of hydrogen-bond acceptors (Lipinski definition) is 5. The molecule has 0 aliphatic carbocycles. The van der Waals surface area contributed by atoms with Gasteiger partial charge in [-0.3, -0.25) is 4.79 Å². The normalized spacial score (nSPS) is 14.6. The molecule has 1 amide bonds. The van der Waals surface area contributed by atoms with Gasteiger partial charge < -0.3 is 14.7 Å². The summed E-state index contributed by atoms with van der Waals surface area (Å²) in [4.78, 5) is 18.5. The third-order valence-electron chi connectivity index (χ3n) is 3.29. The van der Waals surface area contributed by atoms with E-state index in [1.54, 1.807) is 19.2 Å². The largest absolute Gasteiger partial charge is 0.357 e. The summed E-state index contributed by atoms with van der Waals surface area (Å²) in [5.41, 5.74) is 1.32. The van der Waals surface area contributed by atoms with Crippen molar-refractivity contribution in [3.63, 3.8) is 0 Å². The van der Waals surface area contributed by atoms with Crippen LogP contribution in [0.25, 0.3) is 0 Å². The van der Waals surface area contributed by atoms with E-state index >= 15 is 0 Å². The molecule has 3 heterocycles. The Kier molecular flexibility index (Phi) is 3.37. The number of anilines is 2. The van der Waals surface area contributed by atoms with E-state index in [4.69, 9.17) is 4.52 Å². The molecule has 1 N–H and O–H groups in total. The number of aryl methyl sites for hydroxylation is 1. The van der Waals surface area contributed by atoms with E-state index in [1.807, 2.05) is 12.1 Å². The van der Waals surface area contributed by atoms with Crippen LogP contribution in [0.15, 0.2) is 28.9 Å². The fourth-order valence-electron chi connectivity index (χ4n) is 2.26. The number of carbonyl (C=O) groups excluding carboxylic acids is 1. The molecule has 6 heteroatoms. The molecular weight excluding hydrogens is 256 g/mol. The number of amides is 1. The molecule has 1 saturated heterocycles. The Morgan fingerprint density at radius 2 is 2.15 bits per heavy atom. The van der Waals surface area contributed by atoms with Crippen LogP contribution in [0.5, 0.6) is 0 Å². The van der Waals surface area contributed by atoms with Gasteiger partial charge in [0.05, 0.1) is 17.6 Å². The minimum absolute atomic E-state index is 0.200. The Balaban J connectivity index is 1.67. The Morgan fingerprint density at radius 3 is 2.75 bits per heavy atom. The van der Waals surface area contributed by atoms with Gasteiger partial charge in [0.2, 0.25) is 5.76 Å². The molecule has 20 heavy (non-hydrogen) atoms. The first-order valence-corrected chi connectivity index (χ1v) is 6.68. The highest BCUT2D eigenvalue weighted by Crippen LogP contribution is 2.19. The molecule has 0 unspecified atom stereocenters. The lowest BCUT2D eigenvalue weighted by Crippen LogP contribution is -2.19. The van der Waals surface area contributed by atoms with Crippen molar-refractivity contribution >= 4 is 17.4 Å². The van der Waals surface area contributed by atoms with Gasteiger partial charge in [0, 0.05) is 19.2 Å². The average molecular weight is 272 g/mol. The van der Waals surface area contributed by atoms with Crippen LogP contribution in [-0.2, 0) is 0 Å². The molecule has 0 aromatic carbocycles. The SMILES string of the molecule is Cc1cc(C(=O)Nc2ccc(N3CCCC3)nc2)on1. The van der Waals surface area contributed by atoms with Crippen molar-refractivity contribution in [3.8, 4) is 0 Å². The van der Waals surface area contributed by atoms with Gasteiger partial charge in [0.25, 0.3) is 5.91 Å². The molecule has 2 aromatic rings. The zero-order valence-corrected chi connectivity index (χ0v) is 11.3. The molecule has 1 aliphatic heterocycles. The van der Waals surface area contributed by atoms with Crippen molar-refractivity contribution in [2.45, 2.75) is 19.8 Å². The summed E-state index contributed by atoms with van der Waals surface area (Å²) < 4.78 is 4.91. The molecule has 6 nitrogen and oxygen atoms in total. The number of nitrogens with one attached hydrogen (secondary N) is 1. The van der Waals surface area contributed by atoms with Crippen LogP contribution in [0.3, 0.4) is 0 Å². The highest BCUT2D eigenvalue weighted by molar-refractivity contribution is 6.02. The number of pyridine rings is 1. The molecular formula is C14H16N4O2. The maximum atomic E-state index is 11.9. The van der Waals surface area contributed by atoms with E-state index in [0.717, 1.165) is 18.9 Å². The van der Waals surface area contributed by atoms with Crippen molar-refractivity contribution < 1.29 is 9.32 Å². The van der Waals surface area contributed by atoms with Gasteiger partial charge in [-0.15, -0.1) is 0 Å². The zero-order chi connectivity index (χ0) is 13.9. The monoisotopic (exact) mass is 272 g/mol. The van der Waals surface area contributed by atoms with E-state index in [9.17, 15) is 4.79 Å². The molecule has 3 rings (SSSR count). The summed E-state index contributed by atoms with van der Waals surface area (Å²) in [5, 5.41) is 6.42. The number of rotatable bonds is 3. The first-order chi connectivity index (χ1) is 9.72. The van der Waals surface area contributed by atoms with Gasteiger partial charge in [0.15, 0.2) is 0 Å². The van der Waals surface area contributed by atoms with Crippen LogP contribution in [-0.4, -0.2) is 29.1 Å². The molecule has 1 fully saturated rings. The Morgan fingerprint density at radius 1 is 1.35 bits per heavy atom. The molecule has 0 bridgehead atoms. The minimum atomic E-state index is -0.318. The second-order valence-corrected chi connectivity index (χ2v) is 4.89. The highest BCUT2D eigenvalue weighted by Gasteiger charge is 2.14. The molecule has 2 aromatic heterocycles. The standard InChI is InChI=1S/C14H16N4O2/c1-10-8-12(20-17-10)14(19)16-11-4-5-13(15-9-11)18-6-2-3-7-18/h4-5,8-9H,2-3,6-7H2,1H3,(H,16,19). The lowest BCUT2D eigenvalue weighted by molar-refractivity contribution is 0.0988. The summed E-state index contributed by atoms with van der Waals surface area (Å²) in [5.74, 6) is 0.837. The first-order valence-electron chi connectivity index (χ1n) is 6.68. The maximum absolute atomic E-state index is 11.9. The van der Waals surface area contributed by atoms with Crippen molar-refractivity contribution in [1.82, 2.24) is 10.1 Å². The second kappa shape index (κ2) is 5.32. The highest BCUT2D eigenvalue weighted by atomic mass is 16.5. The van der Waals surface area contributed by atoms with Gasteiger partial charge in [-0.05, 0) is 31.9 Å². The lowest BCUT2D eigenvalue weighted by Gasteiger charge is -2.16. The lowest BCUT2D eigenvalue weighted by atomic mass is 10.3. The number of nitrogens with zero attached hydrogens (tertiary/aromatic N) is 3. The zero-order valence-electron chi connectivity index (χ0n) is 11.3. The topological polar surface area (TPSA) is 71.3 Å². The summed E-state index contributed by atoms with van der Waals surface area (Å²) >= 11 is 0. The molecule has 0 atom stereocenters. The molecule has 0 saturated carbocycles. The van der Waals surface area contributed by atoms with E-state index in [0.29, 0.717) is 11.4 Å². The third kappa shape index (κ3) is 2.64. The first kappa shape index (κ1) is 12.7. The van der Waals surface area contributed by atoms with Crippen molar-refractivity contribution in [2.75, 3.05) is 23.3 Å². The Labute approximate surface area is 116 Å². The van der Waals surface area contributed by atoms with Crippen LogP contribution in [0.1, 0.15) is 29.1 Å². The van der Waals surface area contributed by atoms with Gasteiger partial charge in [-0.2, -0.15) is 0 Å². The summed E-state index contributed by atoms with van der Waals surface area (Å²) in [6.07, 6.45) is 4.09. The van der Waals surface area contributed by atoms with Gasteiger partial charge >= 0.3 is 0 Å². The van der Waals surface area contributed by atoms with Crippen LogP contribution < -0.4 is 10.2 Å². The van der Waals surface area contributed by atoms with Gasteiger partial charge in [-0.1, -0.05) is 5.16 Å². The molecule has 1 aliphatic rings. The maximum Gasteiger partial charge on any atom is 0.294 e. The number of hydrogen-bond donors (Lipinski definition) is 1. The fraction of sp³-hybridized carbons (Fsp3) is 0.357. The van der Waals surface area contributed by atoms with E-state index in [2.05, 4.69) is 20.4 Å². The predicted molar refractivity (Wildman–Crippen MR) is 74.9 cm³/mol. The summed E-state index contributed by atoms with van der Waals surface area (Å²) in [6, 6.07) is 5.37. The van der Waals surface area contributed by atoms with Crippen molar-refractivity contribution in [3.05, 3.63) is 35.9 Å². The van der Waals surface area contributed by atoms with E-state index in [1.165, 1.54) is 12.8 Å². The van der Waals surface area contributed by atoms with Crippen LogP contribution in [0.2, 0.25) is 0 Å². The average Bonchev–Trinajstić information content (AvgIpc) is 3.10. The quantitative estimate of drug-likeness (QED) is 0.927. The number of carbonyl (C=O) groups is 1. The third-order valence-corrected chi connectivity index (χ3v) is 3.29. The van der Waals surface area contributed by atoms with E-state index < -0.39 is 0 Å². The van der Waals surface area contributed by atoms with Crippen molar-refractivity contribution in [1.29, 1.82) is 0 Å². The van der Waals surface area contributed by atoms with Gasteiger partial charge in [0.1, 0.15) is 5.82 Å². The van der Waals surface area contributed by atoms with Gasteiger partial charge in [-0.25, -0.2) is 4.98 Å². The molecule has 0 spiro atoms.